The van der Waals surface area contributed by atoms with Crippen molar-refractivity contribution in [1.82, 2.24) is 10.3 Å². The number of nitrogens with zero attached hydrogens (tertiary/aromatic N) is 1. The number of halogens is 1. The Morgan fingerprint density at radius 2 is 1.76 bits per heavy atom. The van der Waals surface area contributed by atoms with Crippen molar-refractivity contribution >= 4 is 33.4 Å². The molecule has 33 heavy (non-hydrogen) atoms. The second-order valence-corrected chi connectivity index (χ2v) is 9.19. The maximum atomic E-state index is 12.7. The predicted octanol–water partition coefficient (Wildman–Crippen LogP) is 5.16. The molecule has 0 bridgehead atoms. The van der Waals surface area contributed by atoms with E-state index in [9.17, 15) is 9.59 Å². The van der Waals surface area contributed by atoms with Gasteiger partial charge in [-0.15, -0.1) is 0 Å². The quantitative estimate of drug-likeness (QED) is 0.430. The Kier molecular flexibility index (Phi) is 7.20. The van der Waals surface area contributed by atoms with Crippen molar-refractivity contribution in [2.75, 3.05) is 5.73 Å². The van der Waals surface area contributed by atoms with Gasteiger partial charge in [-0.1, -0.05) is 48.5 Å². The standard InChI is InChI=1S/C26H26BrN3O3/c1-16(31)18-9-11-20(12-10-18)19-7-5-17(6-8-19)15-33-24-4-2-3-23(24)30-26(32)22-13-21(27)14-29-25(22)28/h5-14,23-24H,2-4,15H2,1H3,(H2,28,29)(H,30,32)/t23-,24-/m0/s1. The number of carbonyl (C=O) groups is 2. The molecule has 1 fully saturated rings. The molecule has 1 saturated carbocycles. The number of nitrogen functional groups attached to an aromatic ring is 1. The number of hydrogen-bond donors (Lipinski definition) is 2. The first-order valence-electron chi connectivity index (χ1n) is 10.9. The van der Waals surface area contributed by atoms with Crippen molar-refractivity contribution in [2.24, 2.45) is 0 Å². The number of nitrogens with one attached hydrogen (secondary N) is 1. The summed E-state index contributed by atoms with van der Waals surface area (Å²) in [6.07, 6.45) is 4.29. The second kappa shape index (κ2) is 10.3. The molecule has 0 saturated heterocycles. The number of ether oxygens (including phenoxy) is 1. The van der Waals surface area contributed by atoms with Crippen molar-refractivity contribution in [1.29, 1.82) is 0 Å². The molecule has 170 valence electrons. The maximum Gasteiger partial charge on any atom is 0.255 e. The van der Waals surface area contributed by atoms with E-state index in [2.05, 4.69) is 38.4 Å². The first-order chi connectivity index (χ1) is 15.9. The van der Waals surface area contributed by atoms with Gasteiger partial charge in [-0.3, -0.25) is 9.59 Å². The van der Waals surface area contributed by atoms with E-state index in [-0.39, 0.29) is 29.7 Å². The van der Waals surface area contributed by atoms with Crippen LogP contribution in [0.2, 0.25) is 0 Å². The van der Waals surface area contributed by atoms with Gasteiger partial charge in [-0.2, -0.15) is 0 Å². The zero-order valence-corrected chi connectivity index (χ0v) is 20.0. The average molecular weight is 508 g/mol. The summed E-state index contributed by atoms with van der Waals surface area (Å²) in [5, 5.41) is 3.06. The highest BCUT2D eigenvalue weighted by atomic mass is 79.9. The van der Waals surface area contributed by atoms with Crippen LogP contribution in [0.1, 0.15) is 52.5 Å². The zero-order valence-electron chi connectivity index (χ0n) is 18.4. The summed E-state index contributed by atoms with van der Waals surface area (Å²) >= 11 is 3.33. The monoisotopic (exact) mass is 507 g/mol. The number of pyridine rings is 1. The number of nitrogens with two attached hydrogens (primary N) is 1. The lowest BCUT2D eigenvalue weighted by Gasteiger charge is -2.22. The average Bonchev–Trinajstić information content (AvgIpc) is 3.26. The smallest absolute Gasteiger partial charge is 0.255 e. The van der Waals surface area contributed by atoms with Crippen LogP contribution in [-0.4, -0.2) is 28.8 Å². The van der Waals surface area contributed by atoms with Crippen LogP contribution in [0.25, 0.3) is 11.1 Å². The first-order valence-corrected chi connectivity index (χ1v) is 11.7. The van der Waals surface area contributed by atoms with Gasteiger partial charge in [0.1, 0.15) is 5.82 Å². The minimum absolute atomic E-state index is 0.0471. The largest absolute Gasteiger partial charge is 0.383 e. The Hall–Kier alpha value is -3.03. The molecule has 0 unspecified atom stereocenters. The molecule has 2 atom stereocenters. The van der Waals surface area contributed by atoms with Crippen LogP contribution in [0, 0.1) is 0 Å². The van der Waals surface area contributed by atoms with E-state index in [4.69, 9.17) is 10.5 Å². The van der Waals surface area contributed by atoms with Crippen molar-refractivity contribution in [3.05, 3.63) is 82.0 Å². The molecule has 1 amide bonds. The summed E-state index contributed by atoms with van der Waals surface area (Å²) in [4.78, 5) is 28.2. The Labute approximate surface area is 201 Å². The summed E-state index contributed by atoms with van der Waals surface area (Å²) in [6.45, 7) is 2.04. The van der Waals surface area contributed by atoms with E-state index in [1.807, 2.05) is 36.4 Å². The summed E-state index contributed by atoms with van der Waals surface area (Å²) < 4.78 is 6.88. The van der Waals surface area contributed by atoms with Crippen molar-refractivity contribution in [2.45, 2.75) is 44.9 Å². The zero-order chi connectivity index (χ0) is 23.4. The lowest BCUT2D eigenvalue weighted by atomic mass is 10.0. The highest BCUT2D eigenvalue weighted by Gasteiger charge is 2.30. The molecule has 6 nitrogen and oxygen atoms in total. The number of carbonyl (C=O) groups excluding carboxylic acids is 2. The van der Waals surface area contributed by atoms with Gasteiger partial charge in [-0.05, 0) is 64.9 Å². The van der Waals surface area contributed by atoms with Crippen LogP contribution in [0.4, 0.5) is 5.82 Å². The summed E-state index contributed by atoms with van der Waals surface area (Å²) in [5.41, 5.74) is 10.2. The molecule has 7 heteroatoms. The number of hydrogen-bond acceptors (Lipinski definition) is 5. The van der Waals surface area contributed by atoms with Crippen LogP contribution in [-0.2, 0) is 11.3 Å². The fraction of sp³-hybridized carbons (Fsp3) is 0.269. The van der Waals surface area contributed by atoms with Crippen molar-refractivity contribution in [3.8, 4) is 11.1 Å². The van der Waals surface area contributed by atoms with E-state index in [1.165, 1.54) is 0 Å². The van der Waals surface area contributed by atoms with E-state index in [1.54, 1.807) is 19.2 Å². The van der Waals surface area contributed by atoms with Crippen molar-refractivity contribution in [3.63, 3.8) is 0 Å². The molecular weight excluding hydrogens is 482 g/mol. The SMILES string of the molecule is CC(=O)c1ccc(-c2ccc(CO[C@H]3CCC[C@@H]3NC(=O)c3cc(Br)cnc3N)cc2)cc1. The number of aromatic nitrogens is 1. The Bertz CT molecular complexity index is 1150. The molecule has 3 aromatic rings. The Morgan fingerprint density at radius 3 is 2.42 bits per heavy atom. The maximum absolute atomic E-state index is 12.7. The van der Waals surface area contributed by atoms with Gasteiger partial charge in [-0.25, -0.2) is 4.98 Å². The van der Waals surface area contributed by atoms with Gasteiger partial charge in [0, 0.05) is 16.2 Å². The normalized spacial score (nSPS) is 17.6. The Morgan fingerprint density at radius 1 is 1.09 bits per heavy atom. The Balaban J connectivity index is 1.34. The molecule has 4 rings (SSSR count). The van der Waals surface area contributed by atoms with E-state index >= 15 is 0 Å². The van der Waals surface area contributed by atoms with E-state index in [0.717, 1.165) is 36.0 Å². The molecule has 0 spiro atoms. The number of Topliss-reactive ketones (excluding diaryl/α,β-unsaturated/α-hetero) is 1. The second-order valence-electron chi connectivity index (χ2n) is 8.28. The van der Waals surface area contributed by atoms with Gasteiger partial charge in [0.2, 0.25) is 0 Å². The fourth-order valence-corrected chi connectivity index (χ4v) is 4.39. The molecule has 0 aliphatic heterocycles. The number of anilines is 1. The lowest BCUT2D eigenvalue weighted by molar-refractivity contribution is 0.0272. The summed E-state index contributed by atoms with van der Waals surface area (Å²) in [7, 11) is 0. The highest BCUT2D eigenvalue weighted by molar-refractivity contribution is 9.10. The third-order valence-electron chi connectivity index (χ3n) is 5.94. The minimum Gasteiger partial charge on any atom is -0.383 e. The van der Waals surface area contributed by atoms with Gasteiger partial charge in [0.05, 0.1) is 24.3 Å². The number of amides is 1. The molecule has 3 N–H and O–H groups in total. The fourth-order valence-electron chi connectivity index (χ4n) is 4.06. The van der Waals surface area contributed by atoms with Gasteiger partial charge >= 0.3 is 0 Å². The third-order valence-corrected chi connectivity index (χ3v) is 6.38. The topological polar surface area (TPSA) is 94.3 Å². The molecule has 1 aliphatic carbocycles. The highest BCUT2D eigenvalue weighted by Crippen LogP contribution is 2.26. The van der Waals surface area contributed by atoms with Crippen molar-refractivity contribution < 1.29 is 14.3 Å². The van der Waals surface area contributed by atoms with Crippen LogP contribution < -0.4 is 11.1 Å². The molecule has 0 radical (unpaired) electrons. The number of benzene rings is 2. The van der Waals surface area contributed by atoms with Gasteiger partial charge < -0.3 is 15.8 Å². The van der Waals surface area contributed by atoms with E-state index in [0.29, 0.717) is 22.2 Å². The molecule has 1 aliphatic rings. The summed E-state index contributed by atoms with van der Waals surface area (Å²) in [5.74, 6) is 0.0383. The lowest BCUT2D eigenvalue weighted by Crippen LogP contribution is -2.41. The van der Waals surface area contributed by atoms with Gasteiger partial charge in [0.25, 0.3) is 5.91 Å². The van der Waals surface area contributed by atoms with Crippen LogP contribution in [0.3, 0.4) is 0 Å². The molecule has 1 aromatic heterocycles. The minimum atomic E-state index is -0.234. The van der Waals surface area contributed by atoms with Crippen LogP contribution in [0.5, 0.6) is 0 Å². The number of ketones is 1. The van der Waals surface area contributed by atoms with Crippen LogP contribution in [0.15, 0.2) is 65.3 Å². The molecule has 2 aromatic carbocycles. The summed E-state index contributed by atoms with van der Waals surface area (Å²) in [6, 6.07) is 17.4. The van der Waals surface area contributed by atoms with E-state index < -0.39 is 0 Å². The number of rotatable bonds is 7. The third kappa shape index (κ3) is 5.67. The van der Waals surface area contributed by atoms with Gasteiger partial charge in [0.15, 0.2) is 5.78 Å². The van der Waals surface area contributed by atoms with Crippen LogP contribution >= 0.6 is 15.9 Å². The molecule has 1 heterocycles. The molecular formula is C26H26BrN3O3. The predicted molar refractivity (Wildman–Crippen MR) is 132 cm³/mol. The first kappa shape index (κ1) is 23.1.